The predicted octanol–water partition coefficient (Wildman–Crippen LogP) is 6.03. The summed E-state index contributed by atoms with van der Waals surface area (Å²) in [5.41, 5.74) is 7.57. The summed E-state index contributed by atoms with van der Waals surface area (Å²) in [5.74, 6) is -0.125. The Morgan fingerprint density at radius 3 is 1.65 bits per heavy atom. The SMILES string of the molecule is Cc1ccc(C(=O)Nc2ccc(Nc3ccc(Nc4ccc(N5CCC(O)CC5)cc4)cc3)cc2)n1C. The topological polar surface area (TPSA) is 81.6 Å². The van der Waals surface area contributed by atoms with Gasteiger partial charge in [-0.15, -0.1) is 0 Å². The van der Waals surface area contributed by atoms with Crippen LogP contribution in [0.2, 0.25) is 0 Å². The summed E-state index contributed by atoms with van der Waals surface area (Å²) in [4.78, 5) is 14.8. The highest BCUT2D eigenvalue weighted by molar-refractivity contribution is 6.03. The summed E-state index contributed by atoms with van der Waals surface area (Å²) in [7, 11) is 1.89. The number of aromatic nitrogens is 1. The van der Waals surface area contributed by atoms with Crippen LogP contribution >= 0.6 is 0 Å². The monoisotopic (exact) mass is 495 g/mol. The summed E-state index contributed by atoms with van der Waals surface area (Å²) < 4.78 is 1.88. The number of hydrogen-bond acceptors (Lipinski definition) is 5. The number of nitrogens with zero attached hydrogens (tertiary/aromatic N) is 2. The summed E-state index contributed by atoms with van der Waals surface area (Å²) in [6.07, 6.45) is 1.50. The van der Waals surface area contributed by atoms with Crippen molar-refractivity contribution in [1.82, 2.24) is 4.57 Å². The second kappa shape index (κ2) is 10.8. The van der Waals surface area contributed by atoms with Crippen LogP contribution < -0.4 is 20.9 Å². The third kappa shape index (κ3) is 5.95. The quantitative estimate of drug-likeness (QED) is 0.252. The van der Waals surface area contributed by atoms with Crippen LogP contribution in [0, 0.1) is 6.92 Å². The van der Waals surface area contributed by atoms with Gasteiger partial charge in [-0.05, 0) is 105 Å². The fourth-order valence-electron chi connectivity index (χ4n) is 4.52. The van der Waals surface area contributed by atoms with Crippen LogP contribution in [-0.2, 0) is 7.05 Å². The zero-order chi connectivity index (χ0) is 25.8. The predicted molar refractivity (Wildman–Crippen MR) is 151 cm³/mol. The smallest absolute Gasteiger partial charge is 0.272 e. The molecule has 4 N–H and O–H groups in total. The zero-order valence-corrected chi connectivity index (χ0v) is 21.2. The molecule has 1 aliphatic rings. The van der Waals surface area contributed by atoms with E-state index in [2.05, 4.69) is 45.1 Å². The molecule has 7 nitrogen and oxygen atoms in total. The van der Waals surface area contributed by atoms with Crippen molar-refractivity contribution >= 4 is 40.0 Å². The molecule has 2 heterocycles. The lowest BCUT2D eigenvalue weighted by Gasteiger charge is -2.31. The average molecular weight is 496 g/mol. The molecule has 190 valence electrons. The van der Waals surface area contributed by atoms with E-state index in [1.807, 2.05) is 79.2 Å². The second-order valence-corrected chi connectivity index (χ2v) is 9.54. The Hall–Kier alpha value is -4.23. The maximum atomic E-state index is 12.5. The van der Waals surface area contributed by atoms with Gasteiger partial charge in [0.1, 0.15) is 5.69 Å². The van der Waals surface area contributed by atoms with Crippen molar-refractivity contribution in [2.45, 2.75) is 25.9 Å². The van der Waals surface area contributed by atoms with Crippen molar-refractivity contribution < 1.29 is 9.90 Å². The van der Waals surface area contributed by atoms with E-state index in [0.29, 0.717) is 5.69 Å². The number of carbonyl (C=O) groups excluding carboxylic acids is 1. The lowest BCUT2D eigenvalue weighted by molar-refractivity contribution is 0.101. The molecule has 0 unspecified atom stereocenters. The van der Waals surface area contributed by atoms with Gasteiger partial charge in [0.2, 0.25) is 0 Å². The molecule has 4 aromatic rings. The normalized spacial score (nSPS) is 13.9. The number of aliphatic hydroxyl groups is 1. The van der Waals surface area contributed by atoms with Gasteiger partial charge in [-0.1, -0.05) is 0 Å². The van der Waals surface area contributed by atoms with Gasteiger partial charge in [-0.3, -0.25) is 4.79 Å². The van der Waals surface area contributed by atoms with Crippen molar-refractivity contribution in [3.63, 3.8) is 0 Å². The minimum Gasteiger partial charge on any atom is -0.393 e. The van der Waals surface area contributed by atoms with Gasteiger partial charge < -0.3 is 30.5 Å². The Kier molecular flexibility index (Phi) is 7.14. The van der Waals surface area contributed by atoms with Gasteiger partial charge in [-0.2, -0.15) is 0 Å². The lowest BCUT2D eigenvalue weighted by Crippen LogP contribution is -2.35. The zero-order valence-electron chi connectivity index (χ0n) is 21.2. The Labute approximate surface area is 217 Å². The van der Waals surface area contributed by atoms with Crippen LogP contribution in [0.1, 0.15) is 29.0 Å². The molecule has 0 spiro atoms. The van der Waals surface area contributed by atoms with Crippen LogP contribution in [0.3, 0.4) is 0 Å². The fourth-order valence-corrected chi connectivity index (χ4v) is 4.52. The molecule has 5 rings (SSSR count). The fraction of sp³-hybridized carbons (Fsp3) is 0.233. The van der Waals surface area contributed by atoms with E-state index in [0.717, 1.165) is 60.1 Å². The highest BCUT2D eigenvalue weighted by atomic mass is 16.3. The van der Waals surface area contributed by atoms with E-state index >= 15 is 0 Å². The van der Waals surface area contributed by atoms with E-state index in [9.17, 15) is 9.90 Å². The molecular weight excluding hydrogens is 462 g/mol. The highest BCUT2D eigenvalue weighted by Gasteiger charge is 2.17. The lowest BCUT2D eigenvalue weighted by atomic mass is 10.1. The van der Waals surface area contributed by atoms with E-state index in [-0.39, 0.29) is 12.0 Å². The van der Waals surface area contributed by atoms with Gasteiger partial charge in [0.05, 0.1) is 6.10 Å². The van der Waals surface area contributed by atoms with E-state index < -0.39 is 0 Å². The Bertz CT molecular complexity index is 1340. The van der Waals surface area contributed by atoms with E-state index in [1.54, 1.807) is 0 Å². The Balaban J connectivity index is 1.14. The number of aryl methyl sites for hydroxylation is 1. The third-order valence-electron chi connectivity index (χ3n) is 6.91. The molecule has 1 amide bonds. The standard InChI is InChI=1S/C30H33N5O2/c1-21-3-16-29(34(21)2)30(37)33-26-10-8-24(9-11-26)31-22-4-6-23(7-5-22)32-25-12-14-27(15-13-25)35-19-17-28(36)18-20-35/h3-16,28,31-32,36H,17-20H2,1-2H3,(H,33,37). The highest BCUT2D eigenvalue weighted by Crippen LogP contribution is 2.26. The first-order valence-electron chi connectivity index (χ1n) is 12.7. The maximum absolute atomic E-state index is 12.5. The molecule has 0 bridgehead atoms. The van der Waals surface area contributed by atoms with Gasteiger partial charge in [-0.25, -0.2) is 0 Å². The summed E-state index contributed by atoms with van der Waals surface area (Å²) in [5, 5.41) is 19.5. The summed E-state index contributed by atoms with van der Waals surface area (Å²) >= 11 is 0. The van der Waals surface area contributed by atoms with Crippen molar-refractivity contribution in [3.8, 4) is 0 Å². The first-order chi connectivity index (χ1) is 17.9. The largest absolute Gasteiger partial charge is 0.393 e. The molecule has 0 aliphatic carbocycles. The number of anilines is 6. The molecule has 7 heteroatoms. The van der Waals surface area contributed by atoms with Gasteiger partial charge in [0.15, 0.2) is 0 Å². The van der Waals surface area contributed by atoms with Crippen LogP contribution in [0.4, 0.5) is 34.1 Å². The minimum atomic E-state index is -0.161. The molecule has 1 saturated heterocycles. The van der Waals surface area contributed by atoms with E-state index in [1.165, 1.54) is 5.69 Å². The van der Waals surface area contributed by atoms with Crippen LogP contribution in [-0.4, -0.2) is 34.8 Å². The first-order valence-corrected chi connectivity index (χ1v) is 12.7. The van der Waals surface area contributed by atoms with Gasteiger partial charge in [0.25, 0.3) is 5.91 Å². The van der Waals surface area contributed by atoms with Crippen molar-refractivity contribution in [2.75, 3.05) is 33.9 Å². The van der Waals surface area contributed by atoms with E-state index in [4.69, 9.17) is 0 Å². The third-order valence-corrected chi connectivity index (χ3v) is 6.91. The second-order valence-electron chi connectivity index (χ2n) is 9.54. The molecular formula is C30H33N5O2. The number of nitrogens with one attached hydrogen (secondary N) is 3. The summed E-state index contributed by atoms with van der Waals surface area (Å²) in [6, 6.07) is 28.0. The van der Waals surface area contributed by atoms with Crippen LogP contribution in [0.25, 0.3) is 0 Å². The number of rotatable bonds is 7. The Morgan fingerprint density at radius 2 is 1.19 bits per heavy atom. The molecule has 3 aromatic carbocycles. The minimum absolute atomic E-state index is 0.125. The van der Waals surface area contributed by atoms with Crippen molar-refractivity contribution in [2.24, 2.45) is 7.05 Å². The summed E-state index contributed by atoms with van der Waals surface area (Å²) in [6.45, 7) is 3.77. The van der Waals surface area contributed by atoms with Crippen LogP contribution in [0.15, 0.2) is 84.9 Å². The number of carbonyl (C=O) groups is 1. The van der Waals surface area contributed by atoms with Crippen molar-refractivity contribution in [3.05, 3.63) is 96.3 Å². The number of aliphatic hydroxyl groups excluding tert-OH is 1. The molecule has 37 heavy (non-hydrogen) atoms. The first kappa shape index (κ1) is 24.5. The van der Waals surface area contributed by atoms with Crippen molar-refractivity contribution in [1.29, 1.82) is 0 Å². The van der Waals surface area contributed by atoms with Crippen LogP contribution in [0.5, 0.6) is 0 Å². The average Bonchev–Trinajstić information content (AvgIpc) is 3.25. The van der Waals surface area contributed by atoms with Gasteiger partial charge >= 0.3 is 0 Å². The number of hydrogen-bond donors (Lipinski definition) is 4. The maximum Gasteiger partial charge on any atom is 0.272 e. The molecule has 0 atom stereocenters. The Morgan fingerprint density at radius 1 is 0.730 bits per heavy atom. The molecule has 0 saturated carbocycles. The molecule has 0 radical (unpaired) electrons. The molecule has 1 aliphatic heterocycles. The van der Waals surface area contributed by atoms with Gasteiger partial charge in [0, 0.05) is 60.0 Å². The number of piperidine rings is 1. The molecule has 1 fully saturated rings. The number of amides is 1. The molecule has 1 aromatic heterocycles. The number of benzene rings is 3.